The quantitative estimate of drug-likeness (QED) is 0.506. The number of benzene rings is 2. The molecule has 0 aromatic heterocycles. The lowest BCUT2D eigenvalue weighted by molar-refractivity contribution is 0.136. The van der Waals surface area contributed by atoms with Crippen molar-refractivity contribution >= 4 is 23.0 Å². The minimum Gasteiger partial charge on any atom is -0.497 e. The molecular formula is C25H30ClN3O2. The predicted molar refractivity (Wildman–Crippen MR) is 127 cm³/mol. The molecule has 0 bridgehead atoms. The third kappa shape index (κ3) is 5.23. The maximum Gasteiger partial charge on any atom is 0.119 e. The van der Waals surface area contributed by atoms with Crippen molar-refractivity contribution in [3.05, 3.63) is 70.4 Å². The van der Waals surface area contributed by atoms with Gasteiger partial charge in [-0.2, -0.15) is 5.10 Å². The first kappa shape index (κ1) is 21.7. The average Bonchev–Trinajstić information content (AvgIpc) is 3.23. The molecule has 0 fully saturated rings. The Hall–Kier alpha value is -2.50. The van der Waals surface area contributed by atoms with Crippen LogP contribution in [0.1, 0.15) is 25.3 Å². The van der Waals surface area contributed by atoms with Crippen LogP contribution in [0.5, 0.6) is 5.75 Å². The number of methoxy groups -OCH3 is 1. The molecular weight excluding hydrogens is 410 g/mol. The van der Waals surface area contributed by atoms with Crippen LogP contribution in [0.3, 0.4) is 0 Å². The van der Waals surface area contributed by atoms with Gasteiger partial charge in [0.05, 0.1) is 25.1 Å². The number of hydrazone groups is 1. The van der Waals surface area contributed by atoms with Gasteiger partial charge in [0.2, 0.25) is 0 Å². The third-order valence-electron chi connectivity index (χ3n) is 5.78. The van der Waals surface area contributed by atoms with Gasteiger partial charge in [0, 0.05) is 55.4 Å². The number of ether oxygens (including phenoxy) is 2. The molecule has 0 atom stereocenters. The normalized spacial score (nSPS) is 15.9. The number of nitrogens with zero attached hydrogens (tertiary/aromatic N) is 3. The van der Waals surface area contributed by atoms with Crippen molar-refractivity contribution < 1.29 is 9.47 Å². The van der Waals surface area contributed by atoms with Crippen LogP contribution in [0.15, 0.2) is 64.9 Å². The van der Waals surface area contributed by atoms with Gasteiger partial charge < -0.3 is 14.4 Å². The molecule has 2 aliphatic rings. The summed E-state index contributed by atoms with van der Waals surface area (Å²) in [4.78, 5) is 2.52. The molecule has 0 amide bonds. The fourth-order valence-corrected chi connectivity index (χ4v) is 4.42. The lowest BCUT2D eigenvalue weighted by Crippen LogP contribution is -2.35. The van der Waals surface area contributed by atoms with Gasteiger partial charge in [-0.3, -0.25) is 5.01 Å². The zero-order valence-corrected chi connectivity index (χ0v) is 19.1. The average molecular weight is 440 g/mol. The highest BCUT2D eigenvalue weighted by Gasteiger charge is 2.31. The third-order valence-corrected chi connectivity index (χ3v) is 6.01. The summed E-state index contributed by atoms with van der Waals surface area (Å²) >= 11 is 6.23. The van der Waals surface area contributed by atoms with Crippen LogP contribution < -0.4 is 9.75 Å². The smallest absolute Gasteiger partial charge is 0.119 e. The van der Waals surface area contributed by atoms with Crippen LogP contribution in [0.4, 0.5) is 5.69 Å². The molecule has 0 saturated heterocycles. The first-order chi connectivity index (χ1) is 15.2. The second-order valence-electron chi connectivity index (χ2n) is 7.83. The second kappa shape index (κ2) is 10.2. The van der Waals surface area contributed by atoms with Gasteiger partial charge in [0.15, 0.2) is 0 Å². The number of rotatable bonds is 9. The minimum absolute atomic E-state index is 0.732. The molecule has 0 radical (unpaired) electrons. The SMILES string of the molecule is CCOCCCN1CCC2=NN(c3cccc(Cl)c3)CC2=C1Cc1cccc(OC)c1. The molecule has 0 aliphatic carbocycles. The Morgan fingerprint density at radius 3 is 2.81 bits per heavy atom. The monoisotopic (exact) mass is 439 g/mol. The lowest BCUT2D eigenvalue weighted by atomic mass is 9.95. The molecule has 2 aromatic rings. The van der Waals surface area contributed by atoms with Gasteiger partial charge >= 0.3 is 0 Å². The molecule has 0 spiro atoms. The van der Waals surface area contributed by atoms with Crippen LogP contribution in [0.2, 0.25) is 5.02 Å². The van der Waals surface area contributed by atoms with Crippen LogP contribution in [-0.2, 0) is 11.2 Å². The van der Waals surface area contributed by atoms with Gasteiger partial charge in [-0.25, -0.2) is 0 Å². The van der Waals surface area contributed by atoms with Crippen molar-refractivity contribution in [3.63, 3.8) is 0 Å². The zero-order chi connectivity index (χ0) is 21.6. The van der Waals surface area contributed by atoms with E-state index in [2.05, 4.69) is 34.2 Å². The molecule has 0 N–H and O–H groups in total. The molecule has 0 saturated carbocycles. The van der Waals surface area contributed by atoms with E-state index in [9.17, 15) is 0 Å². The maximum atomic E-state index is 6.23. The number of hydrogen-bond acceptors (Lipinski definition) is 5. The Labute approximate surface area is 189 Å². The Kier molecular flexibility index (Phi) is 7.15. The highest BCUT2D eigenvalue weighted by molar-refractivity contribution is 6.30. The van der Waals surface area contributed by atoms with E-state index in [0.29, 0.717) is 0 Å². The Balaban J connectivity index is 1.61. The lowest BCUT2D eigenvalue weighted by Gasteiger charge is -2.33. The molecule has 5 nitrogen and oxygen atoms in total. The van der Waals surface area contributed by atoms with E-state index in [1.165, 1.54) is 22.5 Å². The summed E-state index contributed by atoms with van der Waals surface area (Å²) in [5, 5.41) is 7.76. The second-order valence-corrected chi connectivity index (χ2v) is 8.26. The Morgan fingerprint density at radius 2 is 2.00 bits per heavy atom. The predicted octanol–water partition coefficient (Wildman–Crippen LogP) is 5.15. The molecule has 2 aromatic carbocycles. The standard InChI is InChI=1S/C25H30ClN3O2/c1-3-31-14-6-12-28-13-11-24-23(18-29(27-24)21-9-5-8-20(26)17-21)25(28)16-19-7-4-10-22(15-19)30-2/h4-5,7-10,15,17H,3,6,11-14,16,18H2,1-2H3. The number of halogens is 1. The van der Waals surface area contributed by atoms with Crippen LogP contribution in [-0.4, -0.2) is 50.6 Å². The number of fused-ring (bicyclic) bond motifs is 1. The summed E-state index contributed by atoms with van der Waals surface area (Å²) in [6.45, 7) is 6.36. The molecule has 2 heterocycles. The molecule has 2 aliphatic heterocycles. The topological polar surface area (TPSA) is 37.3 Å². The summed E-state index contributed by atoms with van der Waals surface area (Å²) in [5.74, 6) is 0.891. The first-order valence-corrected chi connectivity index (χ1v) is 11.3. The van der Waals surface area contributed by atoms with E-state index in [-0.39, 0.29) is 0 Å². The van der Waals surface area contributed by atoms with Crippen molar-refractivity contribution in [3.8, 4) is 5.75 Å². The maximum absolute atomic E-state index is 6.23. The van der Waals surface area contributed by atoms with E-state index >= 15 is 0 Å². The molecule has 0 unspecified atom stereocenters. The van der Waals surface area contributed by atoms with Crippen LogP contribution in [0, 0.1) is 0 Å². The van der Waals surface area contributed by atoms with E-state index < -0.39 is 0 Å². The van der Waals surface area contributed by atoms with Gasteiger partial charge in [-0.1, -0.05) is 29.8 Å². The van der Waals surface area contributed by atoms with Crippen molar-refractivity contribution in [2.75, 3.05) is 45.0 Å². The van der Waals surface area contributed by atoms with Gasteiger partial charge in [0.1, 0.15) is 5.75 Å². The Morgan fingerprint density at radius 1 is 1.13 bits per heavy atom. The van der Waals surface area contributed by atoms with Gasteiger partial charge in [-0.15, -0.1) is 0 Å². The first-order valence-electron chi connectivity index (χ1n) is 11.0. The molecule has 31 heavy (non-hydrogen) atoms. The zero-order valence-electron chi connectivity index (χ0n) is 18.3. The highest BCUT2D eigenvalue weighted by atomic mass is 35.5. The van der Waals surface area contributed by atoms with Crippen LogP contribution >= 0.6 is 11.6 Å². The van der Waals surface area contributed by atoms with E-state index in [1.807, 2.05) is 31.2 Å². The van der Waals surface area contributed by atoms with Gasteiger partial charge in [0.25, 0.3) is 0 Å². The molecule has 164 valence electrons. The Bertz CT molecular complexity index is 973. The summed E-state index contributed by atoms with van der Waals surface area (Å²) in [5.41, 5.74) is 6.17. The van der Waals surface area contributed by atoms with Gasteiger partial charge in [-0.05, 0) is 49.2 Å². The van der Waals surface area contributed by atoms with E-state index in [4.69, 9.17) is 26.2 Å². The summed E-state index contributed by atoms with van der Waals surface area (Å²) in [7, 11) is 1.71. The number of anilines is 1. The summed E-state index contributed by atoms with van der Waals surface area (Å²) < 4.78 is 11.0. The summed E-state index contributed by atoms with van der Waals surface area (Å²) in [6, 6.07) is 16.3. The van der Waals surface area contributed by atoms with E-state index in [0.717, 1.165) is 68.6 Å². The van der Waals surface area contributed by atoms with E-state index in [1.54, 1.807) is 7.11 Å². The van der Waals surface area contributed by atoms with Crippen molar-refractivity contribution in [2.24, 2.45) is 5.10 Å². The fourth-order valence-electron chi connectivity index (χ4n) is 4.24. The molecule has 6 heteroatoms. The van der Waals surface area contributed by atoms with Crippen molar-refractivity contribution in [1.82, 2.24) is 4.90 Å². The van der Waals surface area contributed by atoms with Crippen molar-refractivity contribution in [2.45, 2.75) is 26.2 Å². The number of allylic oxidation sites excluding steroid dienone is 1. The highest BCUT2D eigenvalue weighted by Crippen LogP contribution is 2.32. The van der Waals surface area contributed by atoms with Crippen molar-refractivity contribution in [1.29, 1.82) is 0 Å². The molecule has 4 rings (SSSR count). The van der Waals surface area contributed by atoms with Crippen LogP contribution in [0.25, 0.3) is 0 Å². The summed E-state index contributed by atoms with van der Waals surface area (Å²) in [6.07, 6.45) is 2.85. The largest absolute Gasteiger partial charge is 0.497 e. The fraction of sp³-hybridized carbons (Fsp3) is 0.400. The number of hydrogen-bond donors (Lipinski definition) is 0. The minimum atomic E-state index is 0.732.